The smallest absolute Gasteiger partial charge is 0.224 e. The lowest BCUT2D eigenvalue weighted by Gasteiger charge is -2.12. The van der Waals surface area contributed by atoms with Crippen LogP contribution in [0.1, 0.15) is 17.5 Å². The van der Waals surface area contributed by atoms with Gasteiger partial charge in [0.1, 0.15) is 6.33 Å². The maximum absolute atomic E-state index is 14.0. The molecular weight excluding hydrogens is 358 g/mol. The average Bonchev–Trinajstić information content (AvgIpc) is 3.19. The van der Waals surface area contributed by atoms with Crippen molar-refractivity contribution in [3.63, 3.8) is 0 Å². The fraction of sp³-hybridized carbons (Fsp3) is 0.235. The van der Waals surface area contributed by atoms with E-state index in [0.29, 0.717) is 12.1 Å². The van der Waals surface area contributed by atoms with E-state index in [1.54, 1.807) is 12.1 Å². The molecule has 0 aliphatic carbocycles. The number of nitrogens with one attached hydrogen (secondary N) is 1. The molecule has 0 saturated heterocycles. The van der Waals surface area contributed by atoms with Gasteiger partial charge in [-0.1, -0.05) is 12.1 Å². The zero-order chi connectivity index (χ0) is 19.2. The highest BCUT2D eigenvalue weighted by Crippen LogP contribution is 2.28. The Morgan fingerprint density at radius 2 is 2.11 bits per heavy atom. The van der Waals surface area contributed by atoms with Crippen molar-refractivity contribution in [1.82, 2.24) is 30.5 Å². The molecule has 0 fully saturated rings. The molecule has 0 aliphatic rings. The Hall–Kier alpha value is -3.43. The van der Waals surface area contributed by atoms with Crippen LogP contribution in [0.4, 0.5) is 8.78 Å². The largest absolute Gasteiger partial charge is 0.435 e. The predicted molar refractivity (Wildman–Crippen MR) is 89.7 cm³/mol. The van der Waals surface area contributed by atoms with Gasteiger partial charge in [-0.3, -0.25) is 4.79 Å². The zero-order valence-corrected chi connectivity index (χ0v) is 14.4. The molecule has 0 bridgehead atoms. The van der Waals surface area contributed by atoms with Crippen molar-refractivity contribution < 1.29 is 18.3 Å². The van der Waals surface area contributed by atoms with Gasteiger partial charge in [-0.2, -0.15) is 4.39 Å². The van der Waals surface area contributed by atoms with Crippen LogP contribution >= 0.6 is 0 Å². The van der Waals surface area contributed by atoms with Crippen LogP contribution in [0.3, 0.4) is 0 Å². The molecule has 0 aliphatic heterocycles. The molecule has 2 heterocycles. The number of hydrogen-bond acceptors (Lipinski definition) is 6. The van der Waals surface area contributed by atoms with Crippen LogP contribution in [0.25, 0.3) is 0 Å². The molecule has 8 nitrogen and oxygen atoms in total. The monoisotopic (exact) mass is 374 g/mol. The standard InChI is InChI=1S/C17H16F2N6O2/c1-11-4-5-13(16(19)15(11)18)27-17-12(3-2-7-20-17)9-21-14(26)6-8-25-10-22-23-24-25/h2-5,7,10H,6,8-9H2,1H3,(H,21,26). The van der Waals surface area contributed by atoms with Gasteiger partial charge in [-0.25, -0.2) is 14.1 Å². The third-order valence-electron chi connectivity index (χ3n) is 3.73. The first-order valence-corrected chi connectivity index (χ1v) is 8.08. The number of rotatable bonds is 7. The first-order valence-electron chi connectivity index (χ1n) is 8.08. The predicted octanol–water partition coefficient (Wildman–Crippen LogP) is 2.15. The summed E-state index contributed by atoms with van der Waals surface area (Å²) < 4.78 is 34.6. The highest BCUT2D eigenvalue weighted by Gasteiger charge is 2.15. The molecule has 1 aromatic carbocycles. The van der Waals surface area contributed by atoms with E-state index in [2.05, 4.69) is 25.8 Å². The van der Waals surface area contributed by atoms with Crippen molar-refractivity contribution in [2.45, 2.75) is 26.4 Å². The fourth-order valence-electron chi connectivity index (χ4n) is 2.24. The van der Waals surface area contributed by atoms with Crippen LogP contribution in [0.5, 0.6) is 11.6 Å². The Kier molecular flexibility index (Phi) is 5.64. The van der Waals surface area contributed by atoms with Gasteiger partial charge in [-0.05, 0) is 35.0 Å². The minimum atomic E-state index is -1.09. The average molecular weight is 374 g/mol. The van der Waals surface area contributed by atoms with E-state index in [4.69, 9.17) is 4.74 Å². The Morgan fingerprint density at radius 1 is 1.26 bits per heavy atom. The molecule has 1 amide bonds. The number of nitrogens with zero attached hydrogens (tertiary/aromatic N) is 5. The molecule has 3 aromatic rings. The number of carbonyl (C=O) groups is 1. The molecule has 2 aromatic heterocycles. The summed E-state index contributed by atoms with van der Waals surface area (Å²) in [7, 11) is 0. The van der Waals surface area contributed by atoms with Crippen LogP contribution in [-0.2, 0) is 17.9 Å². The van der Waals surface area contributed by atoms with Gasteiger partial charge in [0.2, 0.25) is 17.6 Å². The van der Waals surface area contributed by atoms with Crippen molar-refractivity contribution in [3.8, 4) is 11.6 Å². The number of aryl methyl sites for hydroxylation is 2. The van der Waals surface area contributed by atoms with E-state index in [-0.39, 0.29) is 36.1 Å². The van der Waals surface area contributed by atoms with Crippen molar-refractivity contribution in [1.29, 1.82) is 0 Å². The van der Waals surface area contributed by atoms with Gasteiger partial charge in [-0.15, -0.1) is 5.10 Å². The van der Waals surface area contributed by atoms with Crippen LogP contribution in [-0.4, -0.2) is 31.1 Å². The molecule has 140 valence electrons. The van der Waals surface area contributed by atoms with Crippen molar-refractivity contribution in [3.05, 3.63) is 59.6 Å². The number of amides is 1. The summed E-state index contributed by atoms with van der Waals surface area (Å²) in [5.41, 5.74) is 0.699. The van der Waals surface area contributed by atoms with E-state index in [1.807, 2.05) is 0 Å². The maximum atomic E-state index is 14.0. The fourth-order valence-corrected chi connectivity index (χ4v) is 2.24. The molecule has 0 spiro atoms. The Labute approximate surface area is 153 Å². The van der Waals surface area contributed by atoms with Gasteiger partial charge in [0, 0.05) is 24.7 Å². The number of hydrogen-bond donors (Lipinski definition) is 1. The van der Waals surface area contributed by atoms with Crippen molar-refractivity contribution >= 4 is 5.91 Å². The summed E-state index contributed by atoms with van der Waals surface area (Å²) in [4.78, 5) is 16.0. The molecule has 10 heteroatoms. The minimum Gasteiger partial charge on any atom is -0.435 e. The molecule has 0 saturated carbocycles. The highest BCUT2D eigenvalue weighted by atomic mass is 19.2. The number of benzene rings is 1. The number of ether oxygens (including phenoxy) is 1. The van der Waals surface area contributed by atoms with E-state index in [1.165, 1.54) is 36.3 Å². The quantitative estimate of drug-likeness (QED) is 0.681. The van der Waals surface area contributed by atoms with Crippen molar-refractivity contribution in [2.24, 2.45) is 0 Å². The minimum absolute atomic E-state index is 0.0837. The number of aromatic nitrogens is 5. The lowest BCUT2D eigenvalue weighted by Crippen LogP contribution is -2.24. The van der Waals surface area contributed by atoms with Gasteiger partial charge in [0.15, 0.2) is 11.6 Å². The number of carbonyl (C=O) groups excluding carboxylic acids is 1. The zero-order valence-electron chi connectivity index (χ0n) is 14.4. The van der Waals surface area contributed by atoms with E-state index >= 15 is 0 Å². The topological polar surface area (TPSA) is 94.8 Å². The second-order valence-electron chi connectivity index (χ2n) is 5.68. The van der Waals surface area contributed by atoms with Gasteiger partial charge < -0.3 is 10.1 Å². The lowest BCUT2D eigenvalue weighted by atomic mass is 10.2. The maximum Gasteiger partial charge on any atom is 0.224 e. The third kappa shape index (κ3) is 4.60. The normalized spacial score (nSPS) is 10.6. The van der Waals surface area contributed by atoms with Crippen LogP contribution in [0.15, 0.2) is 36.8 Å². The van der Waals surface area contributed by atoms with E-state index in [0.717, 1.165) is 0 Å². The van der Waals surface area contributed by atoms with Gasteiger partial charge in [0.05, 0.1) is 6.54 Å². The molecule has 1 N–H and O–H groups in total. The summed E-state index contributed by atoms with van der Waals surface area (Å²) in [5, 5.41) is 13.3. The second kappa shape index (κ2) is 8.30. The molecule has 27 heavy (non-hydrogen) atoms. The summed E-state index contributed by atoms with van der Waals surface area (Å²) in [6.45, 7) is 1.91. The Balaban J connectivity index is 1.64. The first-order chi connectivity index (χ1) is 13.0. The second-order valence-corrected chi connectivity index (χ2v) is 5.68. The molecule has 3 rings (SSSR count). The van der Waals surface area contributed by atoms with Crippen molar-refractivity contribution in [2.75, 3.05) is 0 Å². The highest BCUT2D eigenvalue weighted by molar-refractivity contribution is 5.75. The van der Waals surface area contributed by atoms with E-state index < -0.39 is 11.6 Å². The summed E-state index contributed by atoms with van der Waals surface area (Å²) >= 11 is 0. The summed E-state index contributed by atoms with van der Waals surface area (Å²) in [6, 6.07) is 6.07. The number of halogens is 2. The summed E-state index contributed by atoms with van der Waals surface area (Å²) in [6.07, 6.45) is 3.05. The number of tetrazole rings is 1. The molecular formula is C17H16F2N6O2. The number of pyridine rings is 1. The lowest BCUT2D eigenvalue weighted by molar-refractivity contribution is -0.121. The first kappa shape index (κ1) is 18.4. The summed E-state index contributed by atoms with van der Waals surface area (Å²) in [5.74, 6) is -2.48. The SMILES string of the molecule is Cc1ccc(Oc2ncccc2CNC(=O)CCn2cnnn2)c(F)c1F. The molecule has 0 atom stereocenters. The van der Waals surface area contributed by atoms with E-state index in [9.17, 15) is 13.6 Å². The van der Waals surface area contributed by atoms with Crippen LogP contribution < -0.4 is 10.1 Å². The Bertz CT molecular complexity index is 933. The van der Waals surface area contributed by atoms with Gasteiger partial charge in [0.25, 0.3) is 0 Å². The van der Waals surface area contributed by atoms with Gasteiger partial charge >= 0.3 is 0 Å². The molecule has 0 unspecified atom stereocenters. The van der Waals surface area contributed by atoms with Crippen LogP contribution in [0, 0.1) is 18.6 Å². The molecule has 0 radical (unpaired) electrons. The third-order valence-corrected chi connectivity index (χ3v) is 3.73. The van der Waals surface area contributed by atoms with Crippen LogP contribution in [0.2, 0.25) is 0 Å². The Morgan fingerprint density at radius 3 is 2.89 bits per heavy atom.